The van der Waals surface area contributed by atoms with Gasteiger partial charge in [0, 0.05) is 38.3 Å². The van der Waals surface area contributed by atoms with Crippen molar-refractivity contribution >= 4 is 22.0 Å². The average molecular weight is 381 g/mol. The summed E-state index contributed by atoms with van der Waals surface area (Å²) in [6.07, 6.45) is 1.65. The molecule has 1 heterocycles. The van der Waals surface area contributed by atoms with E-state index in [2.05, 4.69) is 11.3 Å². The Morgan fingerprint density at radius 1 is 1.23 bits per heavy atom. The Balaban J connectivity index is 2.13. The molecule has 0 saturated carbocycles. The van der Waals surface area contributed by atoms with E-state index in [0.717, 1.165) is 0 Å². The van der Waals surface area contributed by atoms with Crippen LogP contribution in [0.4, 0.5) is 4.79 Å². The molecule has 0 aromatic heterocycles. The summed E-state index contributed by atoms with van der Waals surface area (Å²) in [4.78, 5) is 27.6. The molecule has 26 heavy (non-hydrogen) atoms. The van der Waals surface area contributed by atoms with E-state index in [-0.39, 0.29) is 22.9 Å². The molecule has 0 bridgehead atoms. The smallest absolute Gasteiger partial charge is 0.409 e. The van der Waals surface area contributed by atoms with E-state index in [9.17, 15) is 18.0 Å². The Kier molecular flexibility index (Phi) is 6.76. The molecule has 1 aromatic carbocycles. The zero-order valence-electron chi connectivity index (χ0n) is 14.7. The summed E-state index contributed by atoms with van der Waals surface area (Å²) in [7, 11) is -2.38. The molecule has 1 N–H and O–H groups in total. The van der Waals surface area contributed by atoms with Crippen molar-refractivity contribution in [3.63, 3.8) is 0 Å². The van der Waals surface area contributed by atoms with Gasteiger partial charge in [0.2, 0.25) is 10.0 Å². The zero-order chi connectivity index (χ0) is 19.2. The Morgan fingerprint density at radius 3 is 2.62 bits per heavy atom. The van der Waals surface area contributed by atoms with Gasteiger partial charge in [-0.05, 0) is 24.6 Å². The van der Waals surface area contributed by atoms with Gasteiger partial charge in [-0.15, -0.1) is 6.58 Å². The highest BCUT2D eigenvalue weighted by molar-refractivity contribution is 7.89. The van der Waals surface area contributed by atoms with Crippen LogP contribution >= 0.6 is 0 Å². The number of methoxy groups -OCH3 is 1. The van der Waals surface area contributed by atoms with Crippen LogP contribution in [0.5, 0.6) is 0 Å². The van der Waals surface area contributed by atoms with Crippen LogP contribution < -0.4 is 4.72 Å². The molecule has 0 spiro atoms. The molecule has 9 heteroatoms. The van der Waals surface area contributed by atoms with E-state index in [1.165, 1.54) is 31.4 Å². The van der Waals surface area contributed by atoms with Crippen LogP contribution in [0.25, 0.3) is 0 Å². The van der Waals surface area contributed by atoms with Crippen molar-refractivity contribution in [2.45, 2.75) is 11.3 Å². The molecule has 0 aliphatic carbocycles. The lowest BCUT2D eigenvalue weighted by molar-refractivity contribution is 0.0757. The molecule has 0 unspecified atom stereocenters. The topological polar surface area (TPSA) is 96.0 Å². The number of ether oxygens (including phenoxy) is 1. The predicted molar refractivity (Wildman–Crippen MR) is 96.3 cm³/mol. The summed E-state index contributed by atoms with van der Waals surface area (Å²) in [5.41, 5.74) is 0.290. The van der Waals surface area contributed by atoms with Crippen molar-refractivity contribution < 1.29 is 22.7 Å². The number of carbonyl (C=O) groups excluding carboxylic acids is 2. The summed E-state index contributed by atoms with van der Waals surface area (Å²) in [6, 6.07) is 5.91. The second-order valence-electron chi connectivity index (χ2n) is 5.77. The van der Waals surface area contributed by atoms with Crippen LogP contribution in [0, 0.1) is 0 Å². The van der Waals surface area contributed by atoms with Gasteiger partial charge in [-0.3, -0.25) is 4.79 Å². The molecule has 2 rings (SSSR count). The Hall–Kier alpha value is -2.39. The minimum atomic E-state index is -3.70. The van der Waals surface area contributed by atoms with Crippen molar-refractivity contribution in [3.05, 3.63) is 42.5 Å². The highest BCUT2D eigenvalue weighted by Crippen LogP contribution is 2.15. The zero-order valence-corrected chi connectivity index (χ0v) is 15.5. The van der Waals surface area contributed by atoms with Crippen molar-refractivity contribution in [2.75, 3.05) is 39.8 Å². The monoisotopic (exact) mass is 381 g/mol. The number of sulfonamides is 1. The van der Waals surface area contributed by atoms with Gasteiger partial charge in [-0.2, -0.15) is 0 Å². The van der Waals surface area contributed by atoms with Gasteiger partial charge in [0.05, 0.1) is 12.0 Å². The number of carbonyl (C=O) groups is 2. The molecule has 1 saturated heterocycles. The molecule has 1 aromatic rings. The van der Waals surface area contributed by atoms with E-state index in [4.69, 9.17) is 4.74 Å². The van der Waals surface area contributed by atoms with E-state index in [0.29, 0.717) is 32.6 Å². The third-order valence-corrected chi connectivity index (χ3v) is 5.45. The van der Waals surface area contributed by atoms with E-state index < -0.39 is 16.1 Å². The molecule has 8 nitrogen and oxygen atoms in total. The summed E-state index contributed by atoms with van der Waals surface area (Å²) in [6.45, 7) is 5.31. The fourth-order valence-electron chi connectivity index (χ4n) is 2.66. The lowest BCUT2D eigenvalue weighted by Gasteiger charge is -2.21. The van der Waals surface area contributed by atoms with Crippen molar-refractivity contribution in [1.82, 2.24) is 14.5 Å². The number of hydrogen-bond donors (Lipinski definition) is 1. The number of hydrogen-bond acceptors (Lipinski definition) is 5. The standard InChI is InChI=1S/C17H23N3O5S/c1-3-8-18-26(23,24)15-7-4-6-14(13-15)16(21)19-9-5-10-20(12-11-19)17(22)25-2/h3-4,6-7,13,18H,1,5,8-12H2,2H3. The highest BCUT2D eigenvalue weighted by Gasteiger charge is 2.24. The van der Waals surface area contributed by atoms with Crippen LogP contribution in [-0.4, -0.2) is 70.1 Å². The highest BCUT2D eigenvalue weighted by atomic mass is 32.2. The minimum Gasteiger partial charge on any atom is -0.453 e. The fraction of sp³-hybridized carbons (Fsp3) is 0.412. The van der Waals surface area contributed by atoms with Crippen LogP contribution in [0.1, 0.15) is 16.8 Å². The van der Waals surface area contributed by atoms with Crippen molar-refractivity contribution in [2.24, 2.45) is 0 Å². The third kappa shape index (κ3) is 4.83. The molecule has 1 aliphatic rings. The number of nitrogens with one attached hydrogen (secondary N) is 1. The van der Waals surface area contributed by atoms with E-state index in [1.54, 1.807) is 15.9 Å². The van der Waals surface area contributed by atoms with Crippen LogP contribution in [0.15, 0.2) is 41.8 Å². The van der Waals surface area contributed by atoms with E-state index >= 15 is 0 Å². The third-order valence-electron chi connectivity index (χ3n) is 4.02. The number of nitrogens with zero attached hydrogens (tertiary/aromatic N) is 2. The summed E-state index contributed by atoms with van der Waals surface area (Å²) < 4.78 is 31.5. The van der Waals surface area contributed by atoms with Crippen LogP contribution in [-0.2, 0) is 14.8 Å². The van der Waals surface area contributed by atoms with Gasteiger partial charge in [0.1, 0.15) is 0 Å². The number of amides is 2. The first-order chi connectivity index (χ1) is 12.4. The lowest BCUT2D eigenvalue weighted by atomic mass is 10.2. The average Bonchev–Trinajstić information content (AvgIpc) is 2.91. The number of rotatable bonds is 5. The van der Waals surface area contributed by atoms with Crippen LogP contribution in [0.2, 0.25) is 0 Å². The maximum atomic E-state index is 12.8. The van der Waals surface area contributed by atoms with Gasteiger partial charge in [0.15, 0.2) is 0 Å². The summed E-state index contributed by atoms with van der Waals surface area (Å²) >= 11 is 0. The molecule has 0 atom stereocenters. The second-order valence-corrected chi connectivity index (χ2v) is 7.54. The van der Waals surface area contributed by atoms with Gasteiger partial charge in [-0.1, -0.05) is 12.1 Å². The Bertz CT molecular complexity index is 778. The molecule has 142 valence electrons. The van der Waals surface area contributed by atoms with Gasteiger partial charge in [-0.25, -0.2) is 17.9 Å². The molecule has 2 amide bonds. The molecular formula is C17H23N3O5S. The molecular weight excluding hydrogens is 358 g/mol. The van der Waals surface area contributed by atoms with Crippen molar-refractivity contribution in [3.8, 4) is 0 Å². The minimum absolute atomic E-state index is 0.0243. The first-order valence-corrected chi connectivity index (χ1v) is 9.70. The maximum Gasteiger partial charge on any atom is 0.409 e. The SMILES string of the molecule is C=CCNS(=O)(=O)c1cccc(C(=O)N2CCCN(C(=O)OC)CC2)c1. The first-order valence-electron chi connectivity index (χ1n) is 8.22. The second kappa shape index (κ2) is 8.81. The molecule has 1 fully saturated rings. The fourth-order valence-corrected chi connectivity index (χ4v) is 3.71. The van der Waals surface area contributed by atoms with Gasteiger partial charge >= 0.3 is 6.09 Å². The van der Waals surface area contributed by atoms with Gasteiger partial charge < -0.3 is 14.5 Å². The predicted octanol–water partition coefficient (Wildman–Crippen LogP) is 1.07. The van der Waals surface area contributed by atoms with E-state index in [1.807, 2.05) is 0 Å². The molecule has 1 aliphatic heterocycles. The van der Waals surface area contributed by atoms with Crippen molar-refractivity contribution in [1.29, 1.82) is 0 Å². The summed E-state index contributed by atoms with van der Waals surface area (Å²) in [5.74, 6) is -0.266. The quantitative estimate of drug-likeness (QED) is 0.770. The maximum absolute atomic E-state index is 12.8. The largest absolute Gasteiger partial charge is 0.453 e. The normalized spacial score (nSPS) is 15.3. The number of benzene rings is 1. The lowest BCUT2D eigenvalue weighted by Crippen LogP contribution is -2.37. The first kappa shape index (κ1) is 19.9. The Labute approximate surface area is 153 Å². The van der Waals surface area contributed by atoms with Gasteiger partial charge in [0.25, 0.3) is 5.91 Å². The molecule has 0 radical (unpaired) electrons. The van der Waals surface area contributed by atoms with Crippen LogP contribution in [0.3, 0.4) is 0 Å². The summed E-state index contributed by atoms with van der Waals surface area (Å²) in [5, 5.41) is 0. The Morgan fingerprint density at radius 2 is 1.92 bits per heavy atom.